The Labute approximate surface area is 152 Å². The second-order valence-electron chi connectivity index (χ2n) is 10.3. The van der Waals surface area contributed by atoms with Crippen LogP contribution in [-0.4, -0.2) is 6.43 Å². The van der Waals surface area contributed by atoms with Gasteiger partial charge in [0.1, 0.15) is 0 Å². The Balaban J connectivity index is 1.58. The molecule has 0 aromatic rings. The SMILES string of the molecule is C[C@H](CC(F)F)[C@H]1CC[C@H]2[C@@H]3CC=C4CCCC[C@]4(C)[C@H]3CC[C@]12C. The van der Waals surface area contributed by atoms with Gasteiger partial charge in [0.05, 0.1) is 0 Å². The standard InChI is InChI=1S/C23H36F2/c1-15(14-21(24)25)18-9-10-19-17-8-7-16-6-4-5-12-22(16,2)20(17)11-13-23(18,19)3/h7,15,17-21H,4-6,8-14H2,1-3H3/t15-,17+,18-,19+,20+,22+,23-/m1/s1. The summed E-state index contributed by atoms with van der Waals surface area (Å²) in [5.74, 6) is 3.13. The van der Waals surface area contributed by atoms with Gasteiger partial charge in [-0.25, -0.2) is 8.78 Å². The maximum Gasteiger partial charge on any atom is 0.238 e. The molecule has 4 aliphatic rings. The Hall–Kier alpha value is -0.400. The molecule has 0 aromatic heterocycles. The van der Waals surface area contributed by atoms with Crippen LogP contribution in [0.2, 0.25) is 0 Å². The van der Waals surface area contributed by atoms with Gasteiger partial charge >= 0.3 is 0 Å². The van der Waals surface area contributed by atoms with E-state index in [-0.39, 0.29) is 12.3 Å². The van der Waals surface area contributed by atoms with Crippen LogP contribution in [0, 0.1) is 40.4 Å². The van der Waals surface area contributed by atoms with Crippen LogP contribution in [0.3, 0.4) is 0 Å². The lowest BCUT2D eigenvalue weighted by Crippen LogP contribution is -2.50. The zero-order valence-corrected chi connectivity index (χ0v) is 16.4. The van der Waals surface area contributed by atoms with Crippen molar-refractivity contribution in [2.75, 3.05) is 0 Å². The average molecular weight is 351 g/mol. The Kier molecular flexibility index (Phi) is 4.56. The van der Waals surface area contributed by atoms with Crippen LogP contribution in [0.4, 0.5) is 8.78 Å². The van der Waals surface area contributed by atoms with Crippen molar-refractivity contribution >= 4 is 0 Å². The number of halogens is 2. The second-order valence-corrected chi connectivity index (χ2v) is 10.3. The quantitative estimate of drug-likeness (QED) is 0.470. The van der Waals surface area contributed by atoms with Gasteiger partial charge in [-0.1, -0.05) is 38.8 Å². The first-order valence-corrected chi connectivity index (χ1v) is 10.8. The summed E-state index contributed by atoms with van der Waals surface area (Å²) in [7, 11) is 0. The van der Waals surface area contributed by atoms with E-state index in [0.717, 1.165) is 17.8 Å². The maximum absolute atomic E-state index is 13.0. The van der Waals surface area contributed by atoms with Crippen LogP contribution in [0.1, 0.15) is 85.0 Å². The van der Waals surface area contributed by atoms with Crippen molar-refractivity contribution < 1.29 is 8.78 Å². The number of hydrogen-bond acceptors (Lipinski definition) is 0. The van der Waals surface area contributed by atoms with E-state index in [9.17, 15) is 8.78 Å². The van der Waals surface area contributed by atoms with E-state index in [2.05, 4.69) is 26.8 Å². The smallest absolute Gasteiger partial charge is 0.211 e. The topological polar surface area (TPSA) is 0 Å². The Morgan fingerprint density at radius 1 is 1.08 bits per heavy atom. The number of fused-ring (bicyclic) bond motifs is 5. The molecule has 0 spiro atoms. The van der Waals surface area contributed by atoms with Crippen molar-refractivity contribution in [3.8, 4) is 0 Å². The summed E-state index contributed by atoms with van der Waals surface area (Å²) in [5.41, 5.74) is 2.53. The lowest BCUT2D eigenvalue weighted by atomic mass is 9.47. The molecule has 3 fully saturated rings. The van der Waals surface area contributed by atoms with Crippen LogP contribution < -0.4 is 0 Å². The van der Waals surface area contributed by atoms with Crippen molar-refractivity contribution in [3.05, 3.63) is 11.6 Å². The van der Waals surface area contributed by atoms with Gasteiger partial charge in [-0.15, -0.1) is 0 Å². The third-order valence-corrected chi connectivity index (χ3v) is 9.33. The van der Waals surface area contributed by atoms with Gasteiger partial charge in [0.15, 0.2) is 0 Å². The van der Waals surface area contributed by atoms with Crippen molar-refractivity contribution in [1.29, 1.82) is 0 Å². The minimum atomic E-state index is -2.14. The molecule has 25 heavy (non-hydrogen) atoms. The molecule has 4 aliphatic carbocycles. The third kappa shape index (κ3) is 2.72. The van der Waals surface area contributed by atoms with Crippen LogP contribution >= 0.6 is 0 Å². The molecule has 0 radical (unpaired) electrons. The molecule has 0 amide bonds. The fraction of sp³-hybridized carbons (Fsp3) is 0.913. The second kappa shape index (κ2) is 6.34. The van der Waals surface area contributed by atoms with Gasteiger partial charge in [0.2, 0.25) is 6.43 Å². The summed E-state index contributed by atoms with van der Waals surface area (Å²) in [6.45, 7) is 7.12. The normalized spacial score (nSPS) is 47.7. The fourth-order valence-electron chi connectivity index (χ4n) is 8.12. The Morgan fingerprint density at radius 2 is 1.88 bits per heavy atom. The van der Waals surface area contributed by atoms with Gasteiger partial charge in [0, 0.05) is 6.42 Å². The highest BCUT2D eigenvalue weighted by Crippen LogP contribution is 2.67. The average Bonchev–Trinajstić information content (AvgIpc) is 2.91. The monoisotopic (exact) mass is 350 g/mol. The van der Waals surface area contributed by atoms with Crippen LogP contribution in [0.15, 0.2) is 11.6 Å². The van der Waals surface area contributed by atoms with E-state index in [1.54, 1.807) is 5.57 Å². The molecule has 4 rings (SSSR count). The summed E-state index contributed by atoms with van der Waals surface area (Å²) < 4.78 is 26.0. The van der Waals surface area contributed by atoms with Crippen molar-refractivity contribution in [2.45, 2.75) is 91.4 Å². The summed E-state index contributed by atoms with van der Waals surface area (Å²) >= 11 is 0. The Morgan fingerprint density at radius 3 is 2.64 bits per heavy atom. The van der Waals surface area contributed by atoms with Crippen molar-refractivity contribution in [3.63, 3.8) is 0 Å². The molecule has 0 aromatic carbocycles. The van der Waals surface area contributed by atoms with Crippen molar-refractivity contribution in [1.82, 2.24) is 0 Å². The van der Waals surface area contributed by atoms with E-state index >= 15 is 0 Å². The first kappa shape index (κ1) is 18.0. The molecular formula is C23H36F2. The molecule has 0 nitrogen and oxygen atoms in total. The predicted octanol–water partition coefficient (Wildman–Crippen LogP) is 7.25. The van der Waals surface area contributed by atoms with E-state index in [1.807, 2.05) is 0 Å². The molecule has 7 atom stereocenters. The van der Waals surface area contributed by atoms with Gasteiger partial charge in [-0.3, -0.25) is 0 Å². The first-order valence-electron chi connectivity index (χ1n) is 10.8. The van der Waals surface area contributed by atoms with E-state index < -0.39 is 6.43 Å². The van der Waals surface area contributed by atoms with Gasteiger partial charge < -0.3 is 0 Å². The predicted molar refractivity (Wildman–Crippen MR) is 99.6 cm³/mol. The van der Waals surface area contributed by atoms with Crippen molar-refractivity contribution in [2.24, 2.45) is 40.4 Å². The lowest BCUT2D eigenvalue weighted by molar-refractivity contribution is -0.0535. The van der Waals surface area contributed by atoms with Crippen LogP contribution in [-0.2, 0) is 0 Å². The van der Waals surface area contributed by atoms with Gasteiger partial charge in [-0.05, 0) is 91.8 Å². The largest absolute Gasteiger partial charge is 0.238 e. The molecule has 0 N–H and O–H groups in total. The fourth-order valence-corrected chi connectivity index (χ4v) is 8.12. The molecule has 0 aliphatic heterocycles. The summed E-state index contributed by atoms with van der Waals surface area (Å²) in [6.07, 6.45) is 12.4. The summed E-state index contributed by atoms with van der Waals surface area (Å²) in [5, 5.41) is 0. The highest BCUT2D eigenvalue weighted by molar-refractivity contribution is 5.24. The minimum absolute atomic E-state index is 0.100. The lowest BCUT2D eigenvalue weighted by Gasteiger charge is -2.58. The number of alkyl halides is 2. The highest BCUT2D eigenvalue weighted by Gasteiger charge is 2.58. The first-order chi connectivity index (χ1) is 11.9. The summed E-state index contributed by atoms with van der Waals surface area (Å²) in [6, 6.07) is 0. The maximum atomic E-state index is 13.0. The molecule has 0 heterocycles. The third-order valence-electron chi connectivity index (χ3n) is 9.33. The van der Waals surface area contributed by atoms with E-state index in [1.165, 1.54) is 57.8 Å². The molecule has 3 saturated carbocycles. The zero-order chi connectivity index (χ0) is 17.8. The van der Waals surface area contributed by atoms with E-state index in [4.69, 9.17) is 0 Å². The Bertz CT molecular complexity index is 538. The molecule has 0 bridgehead atoms. The molecule has 0 saturated heterocycles. The molecule has 142 valence electrons. The van der Waals surface area contributed by atoms with E-state index in [0.29, 0.717) is 16.7 Å². The van der Waals surface area contributed by atoms with Crippen LogP contribution in [0.25, 0.3) is 0 Å². The molecule has 0 unspecified atom stereocenters. The molecular weight excluding hydrogens is 314 g/mol. The van der Waals surface area contributed by atoms with Gasteiger partial charge in [0.25, 0.3) is 0 Å². The number of rotatable bonds is 3. The number of allylic oxidation sites excluding steroid dienone is 2. The molecule has 2 heteroatoms. The number of hydrogen-bond donors (Lipinski definition) is 0. The van der Waals surface area contributed by atoms with Crippen LogP contribution in [0.5, 0.6) is 0 Å². The van der Waals surface area contributed by atoms with Gasteiger partial charge in [-0.2, -0.15) is 0 Å². The summed E-state index contributed by atoms with van der Waals surface area (Å²) in [4.78, 5) is 0. The minimum Gasteiger partial charge on any atom is -0.211 e. The zero-order valence-electron chi connectivity index (χ0n) is 16.4. The highest BCUT2D eigenvalue weighted by atomic mass is 19.3.